The summed E-state index contributed by atoms with van der Waals surface area (Å²) in [7, 11) is 0. The lowest BCUT2D eigenvalue weighted by Crippen LogP contribution is -2.59. The van der Waals surface area contributed by atoms with E-state index in [1.165, 1.54) is 18.2 Å². The molecule has 0 radical (unpaired) electrons. The summed E-state index contributed by atoms with van der Waals surface area (Å²) in [4.78, 5) is 50.3. The number of carbonyl (C=O) groups is 4. The summed E-state index contributed by atoms with van der Waals surface area (Å²) in [6.45, 7) is 18.6. The number of hydrogen-bond acceptors (Lipinski definition) is 9. The Balaban J connectivity index is 3.54. The highest BCUT2D eigenvalue weighted by Crippen LogP contribution is 2.34. The van der Waals surface area contributed by atoms with E-state index in [1.54, 1.807) is 69.2 Å². The standard InChI is InChI=1S/C28H43NO9/c1-12-27(10,11)37-24(34)38-28(21(30)31,29-17(2)3)16-18-13-14-19(35-22(32)25(4,5)6)20(15-18)36-23(33)26(7,8)9/h13-15,17,29H,12,16H2,1-11H3,(H,30,31)/t28-/m0/s1. The van der Waals surface area contributed by atoms with Gasteiger partial charge in [0, 0.05) is 12.5 Å². The minimum absolute atomic E-state index is 0.00552. The number of rotatable bonds is 10. The molecule has 2 N–H and O–H groups in total. The van der Waals surface area contributed by atoms with Crippen LogP contribution >= 0.6 is 0 Å². The second-order valence-electron chi connectivity index (χ2n) is 12.2. The Morgan fingerprint density at radius 1 is 0.842 bits per heavy atom. The third kappa shape index (κ3) is 9.63. The fourth-order valence-corrected chi connectivity index (χ4v) is 2.84. The van der Waals surface area contributed by atoms with Crippen molar-refractivity contribution >= 4 is 24.1 Å². The molecule has 38 heavy (non-hydrogen) atoms. The number of carboxylic acid groups (broad SMARTS) is 1. The maximum Gasteiger partial charge on any atom is 0.511 e. The molecule has 1 aromatic rings. The number of ether oxygens (including phenoxy) is 4. The van der Waals surface area contributed by atoms with Gasteiger partial charge in [-0.05, 0) is 93.4 Å². The summed E-state index contributed by atoms with van der Waals surface area (Å²) in [6, 6.07) is 3.90. The van der Waals surface area contributed by atoms with E-state index in [9.17, 15) is 24.3 Å². The summed E-state index contributed by atoms with van der Waals surface area (Å²) >= 11 is 0. The van der Waals surface area contributed by atoms with Crippen LogP contribution in [0.3, 0.4) is 0 Å². The first-order valence-electron chi connectivity index (χ1n) is 12.6. The summed E-state index contributed by atoms with van der Waals surface area (Å²) in [5.74, 6) is -2.67. The molecule has 1 atom stereocenters. The van der Waals surface area contributed by atoms with Crippen LogP contribution in [0.25, 0.3) is 0 Å². The zero-order valence-electron chi connectivity index (χ0n) is 24.4. The molecule has 1 aromatic carbocycles. The smallest absolute Gasteiger partial charge is 0.477 e. The normalized spacial score (nSPS) is 13.9. The van der Waals surface area contributed by atoms with Gasteiger partial charge in [-0.2, -0.15) is 0 Å². The average molecular weight is 538 g/mol. The lowest BCUT2D eigenvalue weighted by atomic mass is 9.97. The predicted octanol–water partition coefficient (Wildman–Crippen LogP) is 5.25. The minimum Gasteiger partial charge on any atom is -0.477 e. The van der Waals surface area contributed by atoms with Gasteiger partial charge in [0.1, 0.15) is 5.60 Å². The predicted molar refractivity (Wildman–Crippen MR) is 141 cm³/mol. The van der Waals surface area contributed by atoms with Crippen LogP contribution < -0.4 is 14.8 Å². The summed E-state index contributed by atoms with van der Waals surface area (Å²) < 4.78 is 21.8. The molecule has 0 aliphatic carbocycles. The van der Waals surface area contributed by atoms with E-state index in [1.807, 2.05) is 6.92 Å². The lowest BCUT2D eigenvalue weighted by Gasteiger charge is -2.33. The lowest BCUT2D eigenvalue weighted by molar-refractivity contribution is -0.169. The van der Waals surface area contributed by atoms with Crippen LogP contribution in [0, 0.1) is 10.8 Å². The summed E-state index contributed by atoms with van der Waals surface area (Å²) in [5, 5.41) is 13.0. The first-order valence-corrected chi connectivity index (χ1v) is 12.6. The molecule has 0 saturated carbocycles. The molecule has 0 aliphatic rings. The van der Waals surface area contributed by atoms with Crippen LogP contribution in [0.2, 0.25) is 0 Å². The van der Waals surface area contributed by atoms with Crippen molar-refractivity contribution in [2.24, 2.45) is 10.8 Å². The molecule has 214 valence electrons. The fraction of sp³-hybridized carbons (Fsp3) is 0.643. The van der Waals surface area contributed by atoms with Crippen molar-refractivity contribution in [1.82, 2.24) is 5.32 Å². The maximum absolute atomic E-state index is 12.7. The van der Waals surface area contributed by atoms with Gasteiger partial charge < -0.3 is 24.1 Å². The third-order valence-electron chi connectivity index (χ3n) is 5.43. The van der Waals surface area contributed by atoms with Crippen molar-refractivity contribution in [3.05, 3.63) is 23.8 Å². The maximum atomic E-state index is 12.7. The SMILES string of the molecule is CCC(C)(C)OC(=O)O[C@](Cc1ccc(OC(=O)C(C)(C)C)c(OC(=O)C(C)(C)C)c1)(NC(C)C)C(=O)O. The van der Waals surface area contributed by atoms with Gasteiger partial charge in [0.2, 0.25) is 0 Å². The molecule has 0 spiro atoms. The highest BCUT2D eigenvalue weighted by molar-refractivity contribution is 5.82. The van der Waals surface area contributed by atoms with E-state index in [0.717, 1.165) is 0 Å². The molecule has 0 fully saturated rings. The van der Waals surface area contributed by atoms with Gasteiger partial charge in [0.25, 0.3) is 5.72 Å². The van der Waals surface area contributed by atoms with Crippen molar-refractivity contribution in [2.75, 3.05) is 0 Å². The number of carboxylic acids is 1. The fourth-order valence-electron chi connectivity index (χ4n) is 2.84. The number of nitrogens with one attached hydrogen (secondary N) is 1. The van der Waals surface area contributed by atoms with E-state index in [-0.39, 0.29) is 17.9 Å². The molecule has 0 unspecified atom stereocenters. The van der Waals surface area contributed by atoms with Crippen molar-refractivity contribution < 1.29 is 43.2 Å². The number of hydrogen-bond donors (Lipinski definition) is 2. The quantitative estimate of drug-likeness (QED) is 0.231. The van der Waals surface area contributed by atoms with E-state index in [0.29, 0.717) is 12.0 Å². The topological polar surface area (TPSA) is 137 Å². The minimum atomic E-state index is -2.20. The van der Waals surface area contributed by atoms with Crippen LogP contribution in [0.5, 0.6) is 11.5 Å². The van der Waals surface area contributed by atoms with Crippen molar-refractivity contribution in [3.8, 4) is 11.5 Å². The number of esters is 2. The van der Waals surface area contributed by atoms with E-state index < -0.39 is 52.3 Å². The molecule has 10 nitrogen and oxygen atoms in total. The molecular formula is C28H43NO9. The molecule has 0 aliphatic heterocycles. The highest BCUT2D eigenvalue weighted by Gasteiger charge is 2.45. The van der Waals surface area contributed by atoms with Crippen LogP contribution in [0.1, 0.15) is 88.1 Å². The Labute approximate surface area is 225 Å². The molecule has 0 bridgehead atoms. The Hall–Kier alpha value is -3.14. The Kier molecular flexibility index (Phi) is 10.5. The van der Waals surface area contributed by atoms with E-state index in [4.69, 9.17) is 18.9 Å². The van der Waals surface area contributed by atoms with Gasteiger partial charge in [-0.1, -0.05) is 13.0 Å². The molecule has 0 heterocycles. The van der Waals surface area contributed by atoms with Gasteiger partial charge in [-0.3, -0.25) is 14.9 Å². The Morgan fingerprint density at radius 2 is 1.34 bits per heavy atom. The highest BCUT2D eigenvalue weighted by atomic mass is 16.8. The van der Waals surface area contributed by atoms with Crippen LogP contribution in [0.15, 0.2) is 18.2 Å². The van der Waals surface area contributed by atoms with E-state index in [2.05, 4.69) is 5.32 Å². The van der Waals surface area contributed by atoms with Gasteiger partial charge in [0.05, 0.1) is 10.8 Å². The third-order valence-corrected chi connectivity index (χ3v) is 5.43. The molecule has 0 saturated heterocycles. The molecule has 0 aromatic heterocycles. The van der Waals surface area contributed by atoms with Crippen LogP contribution in [0.4, 0.5) is 4.79 Å². The molecular weight excluding hydrogens is 494 g/mol. The van der Waals surface area contributed by atoms with Crippen LogP contribution in [-0.4, -0.2) is 46.5 Å². The molecule has 10 heteroatoms. The number of benzene rings is 1. The average Bonchev–Trinajstić information content (AvgIpc) is 2.72. The van der Waals surface area contributed by atoms with E-state index >= 15 is 0 Å². The molecule has 1 rings (SSSR count). The monoisotopic (exact) mass is 537 g/mol. The Morgan fingerprint density at radius 3 is 1.76 bits per heavy atom. The Bertz CT molecular complexity index is 1030. The number of carbonyl (C=O) groups excluding carboxylic acids is 3. The van der Waals surface area contributed by atoms with Crippen molar-refractivity contribution in [2.45, 2.75) is 106 Å². The van der Waals surface area contributed by atoms with Gasteiger partial charge >= 0.3 is 24.1 Å². The zero-order chi connectivity index (χ0) is 29.7. The van der Waals surface area contributed by atoms with Crippen LogP contribution in [-0.2, 0) is 30.3 Å². The van der Waals surface area contributed by atoms with Gasteiger partial charge in [-0.15, -0.1) is 0 Å². The zero-order valence-corrected chi connectivity index (χ0v) is 24.4. The second-order valence-corrected chi connectivity index (χ2v) is 12.2. The summed E-state index contributed by atoms with van der Waals surface area (Å²) in [5.41, 5.74) is -4.44. The number of aliphatic carboxylic acids is 1. The van der Waals surface area contributed by atoms with Gasteiger partial charge in [0.15, 0.2) is 11.5 Å². The second kappa shape index (κ2) is 12.1. The largest absolute Gasteiger partial charge is 0.511 e. The van der Waals surface area contributed by atoms with Crippen molar-refractivity contribution in [3.63, 3.8) is 0 Å². The van der Waals surface area contributed by atoms with Crippen molar-refractivity contribution in [1.29, 1.82) is 0 Å². The van der Waals surface area contributed by atoms with Gasteiger partial charge in [-0.25, -0.2) is 9.59 Å². The first kappa shape index (κ1) is 32.9. The summed E-state index contributed by atoms with van der Waals surface area (Å²) in [6.07, 6.45) is -1.02. The first-order chi connectivity index (χ1) is 17.1. The molecule has 0 amide bonds.